The molecule has 1 fully saturated rings. The minimum absolute atomic E-state index is 0.112. The van der Waals surface area contributed by atoms with Gasteiger partial charge in [-0.1, -0.05) is 90.4 Å². The van der Waals surface area contributed by atoms with E-state index in [2.05, 4.69) is 11.9 Å². The average Bonchev–Trinajstić information content (AvgIpc) is 2.82. The summed E-state index contributed by atoms with van der Waals surface area (Å²) in [4.78, 5) is 29.3. The van der Waals surface area contributed by atoms with Crippen LogP contribution in [0.4, 0.5) is 0 Å². The molecule has 2 unspecified atom stereocenters. The zero-order valence-electron chi connectivity index (χ0n) is 21.2. The summed E-state index contributed by atoms with van der Waals surface area (Å²) in [6.07, 6.45) is 22.1. The molecule has 5 nitrogen and oxygen atoms in total. The van der Waals surface area contributed by atoms with Gasteiger partial charge in [-0.25, -0.2) is 0 Å². The van der Waals surface area contributed by atoms with Crippen LogP contribution in [0.1, 0.15) is 129 Å². The first-order chi connectivity index (χ1) is 16.1. The van der Waals surface area contributed by atoms with Gasteiger partial charge in [0, 0.05) is 25.3 Å². The Bertz CT molecular complexity index is 634. The second-order valence-corrected chi connectivity index (χ2v) is 9.75. The molecule has 0 amide bonds. The number of ketones is 2. The zero-order valence-corrected chi connectivity index (χ0v) is 21.2. The molecule has 5 heteroatoms. The van der Waals surface area contributed by atoms with Crippen molar-refractivity contribution in [3.8, 4) is 0 Å². The summed E-state index contributed by atoms with van der Waals surface area (Å²) in [5.41, 5.74) is 0.888. The number of carbonyl (C=O) groups excluding carboxylic acids is 2. The second kappa shape index (κ2) is 17.2. The molecular formula is C28H47NO4. The number of hydrogen-bond acceptors (Lipinski definition) is 5. The molecule has 33 heavy (non-hydrogen) atoms. The van der Waals surface area contributed by atoms with Crippen molar-refractivity contribution in [1.82, 2.24) is 0 Å². The maximum Gasteiger partial charge on any atom is 0.195 e. The van der Waals surface area contributed by atoms with Gasteiger partial charge in [-0.2, -0.15) is 0 Å². The molecule has 0 spiro atoms. The van der Waals surface area contributed by atoms with Crippen LogP contribution >= 0.6 is 0 Å². The lowest BCUT2D eigenvalue weighted by molar-refractivity contribution is -0.178. The van der Waals surface area contributed by atoms with Crippen LogP contribution in [0.25, 0.3) is 0 Å². The Morgan fingerprint density at radius 3 is 2.03 bits per heavy atom. The van der Waals surface area contributed by atoms with E-state index in [1.54, 1.807) is 6.20 Å². The summed E-state index contributed by atoms with van der Waals surface area (Å²) in [5, 5.41) is 0. The van der Waals surface area contributed by atoms with Crippen molar-refractivity contribution in [1.29, 1.82) is 0 Å². The van der Waals surface area contributed by atoms with Gasteiger partial charge in [0.2, 0.25) is 0 Å². The first kappa shape index (κ1) is 27.9. The lowest BCUT2D eigenvalue weighted by atomic mass is 9.94. The molecular weight excluding hydrogens is 414 g/mol. The van der Waals surface area contributed by atoms with Gasteiger partial charge in [0.1, 0.15) is 5.71 Å². The Morgan fingerprint density at radius 1 is 0.939 bits per heavy atom. The van der Waals surface area contributed by atoms with Gasteiger partial charge >= 0.3 is 0 Å². The molecule has 1 saturated heterocycles. The largest absolute Gasteiger partial charge is 0.353 e. The third-order valence-corrected chi connectivity index (χ3v) is 6.75. The molecule has 0 N–H and O–H groups in total. The average molecular weight is 462 g/mol. The van der Waals surface area contributed by atoms with Gasteiger partial charge < -0.3 is 9.47 Å². The third-order valence-electron chi connectivity index (χ3n) is 6.75. The molecule has 2 rings (SSSR count). The van der Waals surface area contributed by atoms with Gasteiger partial charge in [0.25, 0.3) is 0 Å². The van der Waals surface area contributed by atoms with Crippen LogP contribution in [0.3, 0.4) is 0 Å². The van der Waals surface area contributed by atoms with Crippen molar-refractivity contribution in [3.05, 3.63) is 11.8 Å². The lowest BCUT2D eigenvalue weighted by Gasteiger charge is -2.29. The third kappa shape index (κ3) is 11.1. The van der Waals surface area contributed by atoms with Gasteiger partial charge in [0.05, 0.1) is 0 Å². The molecule has 188 valence electrons. The number of carbonyl (C=O) groups is 2. The number of Topliss-reactive ketones (excluding diaryl/α,β-unsaturated/α-hetero) is 2. The first-order valence-corrected chi connectivity index (χ1v) is 13.7. The van der Waals surface area contributed by atoms with Crippen LogP contribution in [0, 0.1) is 0 Å². The van der Waals surface area contributed by atoms with E-state index >= 15 is 0 Å². The van der Waals surface area contributed by atoms with Crippen molar-refractivity contribution < 1.29 is 19.1 Å². The highest BCUT2D eigenvalue weighted by molar-refractivity contribution is 6.46. The van der Waals surface area contributed by atoms with Crippen LogP contribution in [-0.2, 0) is 19.1 Å². The first-order valence-electron chi connectivity index (χ1n) is 13.7. The van der Waals surface area contributed by atoms with Crippen molar-refractivity contribution >= 4 is 17.3 Å². The molecule has 0 aromatic carbocycles. The Balaban J connectivity index is 1.57. The maximum atomic E-state index is 13.0. The van der Waals surface area contributed by atoms with E-state index in [1.165, 1.54) is 84.0 Å². The molecule has 2 atom stereocenters. The predicted molar refractivity (Wildman–Crippen MR) is 135 cm³/mol. The molecule has 0 bridgehead atoms. The van der Waals surface area contributed by atoms with Gasteiger partial charge in [-0.3, -0.25) is 14.6 Å². The summed E-state index contributed by atoms with van der Waals surface area (Å²) in [7, 11) is 0. The lowest BCUT2D eigenvalue weighted by Crippen LogP contribution is -2.43. The molecule has 2 heterocycles. The molecule has 0 radical (unpaired) electrons. The fraction of sp³-hybridized carbons (Fsp3) is 0.821. The Hall–Kier alpha value is -1.33. The number of rotatable bonds is 18. The summed E-state index contributed by atoms with van der Waals surface area (Å²) in [5.74, 6) is -0.324. The molecule has 2 aliphatic heterocycles. The minimum atomic E-state index is -0.905. The van der Waals surface area contributed by atoms with Crippen LogP contribution in [0.2, 0.25) is 0 Å². The van der Waals surface area contributed by atoms with Crippen LogP contribution in [-0.4, -0.2) is 36.3 Å². The highest BCUT2D eigenvalue weighted by atomic mass is 16.7. The molecule has 2 aliphatic rings. The molecule has 0 aromatic rings. The summed E-state index contributed by atoms with van der Waals surface area (Å²) < 4.78 is 11.5. The van der Waals surface area contributed by atoms with E-state index in [1.807, 2.05) is 0 Å². The Labute approximate surface area is 201 Å². The monoisotopic (exact) mass is 461 g/mol. The zero-order chi connectivity index (χ0) is 23.7. The Morgan fingerprint density at radius 2 is 1.52 bits per heavy atom. The van der Waals surface area contributed by atoms with E-state index in [0.29, 0.717) is 18.6 Å². The number of aliphatic imine (C=N–C) groups is 1. The maximum absolute atomic E-state index is 13.0. The van der Waals surface area contributed by atoms with E-state index in [9.17, 15) is 9.59 Å². The van der Waals surface area contributed by atoms with E-state index in [0.717, 1.165) is 32.1 Å². The van der Waals surface area contributed by atoms with Crippen molar-refractivity contribution in [2.75, 3.05) is 6.61 Å². The van der Waals surface area contributed by atoms with Crippen LogP contribution in [0.15, 0.2) is 16.8 Å². The number of ether oxygens (including phenoxy) is 2. The number of hydrogen-bond donors (Lipinski definition) is 0. The van der Waals surface area contributed by atoms with Gasteiger partial charge in [0.15, 0.2) is 24.0 Å². The van der Waals surface area contributed by atoms with E-state index in [4.69, 9.17) is 9.47 Å². The predicted octanol–water partition coefficient (Wildman–Crippen LogP) is 7.27. The van der Waals surface area contributed by atoms with Crippen molar-refractivity contribution in [3.63, 3.8) is 0 Å². The fourth-order valence-electron chi connectivity index (χ4n) is 4.64. The minimum Gasteiger partial charge on any atom is -0.353 e. The smallest absolute Gasteiger partial charge is 0.195 e. The molecule has 0 aliphatic carbocycles. The van der Waals surface area contributed by atoms with Gasteiger partial charge in [-0.05, 0) is 32.1 Å². The summed E-state index contributed by atoms with van der Waals surface area (Å²) in [6.45, 7) is 4.35. The number of unbranched alkanes of at least 4 members (excludes halogenated alkanes) is 13. The van der Waals surface area contributed by atoms with E-state index in [-0.39, 0.29) is 17.3 Å². The van der Waals surface area contributed by atoms with Crippen molar-refractivity contribution in [2.45, 2.75) is 142 Å². The summed E-state index contributed by atoms with van der Waals surface area (Å²) >= 11 is 0. The Kier molecular flexibility index (Phi) is 14.5. The summed E-state index contributed by atoms with van der Waals surface area (Å²) in [6, 6.07) is 0. The van der Waals surface area contributed by atoms with E-state index < -0.39 is 12.4 Å². The highest BCUT2D eigenvalue weighted by Crippen LogP contribution is 2.23. The fourth-order valence-corrected chi connectivity index (χ4v) is 4.64. The topological polar surface area (TPSA) is 65.0 Å². The van der Waals surface area contributed by atoms with Crippen LogP contribution in [0.5, 0.6) is 0 Å². The SMILES string of the molecule is CCCCCCCCCCCCCCCCC1=CN=C(C(C)=O)C(OC2CCCCO2)C1=O. The van der Waals surface area contributed by atoms with Crippen molar-refractivity contribution in [2.24, 2.45) is 4.99 Å². The molecule has 0 saturated carbocycles. The molecule has 0 aromatic heterocycles. The number of nitrogens with zero attached hydrogens (tertiary/aromatic N) is 1. The quantitative estimate of drug-likeness (QED) is 0.201. The second-order valence-electron chi connectivity index (χ2n) is 9.75. The van der Waals surface area contributed by atoms with Crippen LogP contribution < -0.4 is 0 Å². The normalized spacial score (nSPS) is 21.1. The standard InChI is InChI=1S/C28H47NO4/c1-3-4-5-6-7-8-9-10-11-12-13-14-15-16-19-24-22-29-26(23(2)30)28(27(24)31)33-25-20-17-18-21-32-25/h22,25,28H,3-21H2,1-2H3. The van der Waals surface area contributed by atoms with Gasteiger partial charge in [-0.15, -0.1) is 0 Å². The highest BCUT2D eigenvalue weighted by Gasteiger charge is 2.35.